The van der Waals surface area contributed by atoms with Gasteiger partial charge >= 0.3 is 5.97 Å². The minimum Gasteiger partial charge on any atom is -0.465 e. The molecule has 0 unspecified atom stereocenters. The maximum Gasteiger partial charge on any atom is 0.327 e. The summed E-state index contributed by atoms with van der Waals surface area (Å²) in [6, 6.07) is 0. The number of esters is 1. The first-order valence-electron chi connectivity index (χ1n) is 4.30. The number of nitrogens with zero attached hydrogens (tertiary/aromatic N) is 3. The normalized spacial score (nSPS) is 10.0. The zero-order valence-electron chi connectivity index (χ0n) is 7.86. The Morgan fingerprint density at radius 2 is 2.38 bits per heavy atom. The smallest absolute Gasteiger partial charge is 0.327 e. The Balaban J connectivity index is 2.49. The third-order valence-corrected chi connectivity index (χ3v) is 1.54. The molecule has 13 heavy (non-hydrogen) atoms. The first-order valence-corrected chi connectivity index (χ1v) is 4.30. The molecule has 0 fully saturated rings. The fourth-order valence-corrected chi connectivity index (χ4v) is 0.917. The van der Waals surface area contributed by atoms with Crippen LogP contribution in [-0.4, -0.2) is 27.6 Å². The first kappa shape index (κ1) is 9.70. The SMILES string of the molecule is CCOC(=O)Cn1cc(CC)nn1. The van der Waals surface area contributed by atoms with Crippen molar-refractivity contribution < 1.29 is 9.53 Å². The Kier molecular flexibility index (Phi) is 3.42. The average molecular weight is 183 g/mol. The quantitative estimate of drug-likeness (QED) is 0.634. The summed E-state index contributed by atoms with van der Waals surface area (Å²) in [6.45, 7) is 4.30. The Morgan fingerprint density at radius 1 is 1.62 bits per heavy atom. The average Bonchev–Trinajstić information content (AvgIpc) is 2.52. The summed E-state index contributed by atoms with van der Waals surface area (Å²) in [7, 11) is 0. The molecular weight excluding hydrogens is 170 g/mol. The maximum absolute atomic E-state index is 11.0. The van der Waals surface area contributed by atoms with Gasteiger partial charge in [-0.05, 0) is 13.3 Å². The van der Waals surface area contributed by atoms with E-state index in [1.54, 1.807) is 13.1 Å². The van der Waals surface area contributed by atoms with Gasteiger partial charge in [0.2, 0.25) is 0 Å². The van der Waals surface area contributed by atoms with E-state index in [0.717, 1.165) is 12.1 Å². The van der Waals surface area contributed by atoms with Crippen molar-refractivity contribution in [1.82, 2.24) is 15.0 Å². The number of aromatic nitrogens is 3. The number of rotatable bonds is 4. The number of aryl methyl sites for hydroxylation is 1. The Hall–Kier alpha value is -1.39. The second kappa shape index (κ2) is 4.59. The van der Waals surface area contributed by atoms with Gasteiger partial charge in [-0.25, -0.2) is 4.68 Å². The van der Waals surface area contributed by atoms with Crippen LogP contribution in [0, 0.1) is 0 Å². The summed E-state index contributed by atoms with van der Waals surface area (Å²) >= 11 is 0. The third kappa shape index (κ3) is 2.85. The van der Waals surface area contributed by atoms with Crippen molar-refractivity contribution in [3.8, 4) is 0 Å². The molecule has 0 amide bonds. The molecule has 0 aromatic carbocycles. The van der Waals surface area contributed by atoms with Crippen LogP contribution in [-0.2, 0) is 22.5 Å². The van der Waals surface area contributed by atoms with Crippen molar-refractivity contribution in [2.75, 3.05) is 6.61 Å². The molecule has 1 heterocycles. The number of hydrogen-bond acceptors (Lipinski definition) is 4. The van der Waals surface area contributed by atoms with E-state index in [4.69, 9.17) is 4.74 Å². The zero-order valence-corrected chi connectivity index (χ0v) is 7.86. The predicted molar refractivity (Wildman–Crippen MR) is 46.0 cm³/mol. The van der Waals surface area contributed by atoms with Gasteiger partial charge in [0.05, 0.1) is 12.3 Å². The molecule has 0 aliphatic carbocycles. The van der Waals surface area contributed by atoms with Gasteiger partial charge in [0.25, 0.3) is 0 Å². The molecule has 0 atom stereocenters. The highest BCUT2D eigenvalue weighted by Gasteiger charge is 2.04. The van der Waals surface area contributed by atoms with Crippen LogP contribution in [0.4, 0.5) is 0 Å². The van der Waals surface area contributed by atoms with E-state index in [2.05, 4.69) is 10.3 Å². The van der Waals surface area contributed by atoms with E-state index in [1.165, 1.54) is 4.68 Å². The Bertz CT molecular complexity index is 283. The van der Waals surface area contributed by atoms with Gasteiger partial charge in [-0.2, -0.15) is 0 Å². The van der Waals surface area contributed by atoms with Gasteiger partial charge in [0.1, 0.15) is 6.54 Å². The lowest BCUT2D eigenvalue weighted by Crippen LogP contribution is -2.13. The van der Waals surface area contributed by atoms with Crippen LogP contribution >= 0.6 is 0 Å². The van der Waals surface area contributed by atoms with Crippen LogP contribution in [0.2, 0.25) is 0 Å². The summed E-state index contributed by atoms with van der Waals surface area (Å²) in [4.78, 5) is 11.0. The minimum absolute atomic E-state index is 0.140. The molecule has 0 aliphatic rings. The minimum atomic E-state index is -0.282. The Labute approximate surface area is 76.7 Å². The van der Waals surface area contributed by atoms with Crippen molar-refractivity contribution in [2.45, 2.75) is 26.8 Å². The number of hydrogen-bond donors (Lipinski definition) is 0. The van der Waals surface area contributed by atoms with Crippen LogP contribution in [0.3, 0.4) is 0 Å². The standard InChI is InChI=1S/C8H13N3O2/c1-3-7-5-11(10-9-7)6-8(12)13-4-2/h5H,3-4,6H2,1-2H3. The summed E-state index contributed by atoms with van der Waals surface area (Å²) < 4.78 is 6.24. The second-order valence-electron chi connectivity index (χ2n) is 2.57. The molecule has 0 radical (unpaired) electrons. The van der Waals surface area contributed by atoms with Crippen molar-refractivity contribution in [3.63, 3.8) is 0 Å². The number of carbonyl (C=O) groups excluding carboxylic acids is 1. The lowest BCUT2D eigenvalue weighted by atomic mass is 10.4. The van der Waals surface area contributed by atoms with E-state index < -0.39 is 0 Å². The maximum atomic E-state index is 11.0. The molecule has 0 saturated carbocycles. The van der Waals surface area contributed by atoms with Gasteiger partial charge in [0, 0.05) is 6.20 Å². The number of carbonyl (C=O) groups is 1. The van der Waals surface area contributed by atoms with Gasteiger partial charge in [-0.1, -0.05) is 12.1 Å². The highest BCUT2D eigenvalue weighted by molar-refractivity contribution is 5.68. The molecule has 1 rings (SSSR count). The van der Waals surface area contributed by atoms with Crippen LogP contribution in [0.1, 0.15) is 19.5 Å². The van der Waals surface area contributed by atoms with Crippen molar-refractivity contribution in [3.05, 3.63) is 11.9 Å². The van der Waals surface area contributed by atoms with Crippen LogP contribution in [0.15, 0.2) is 6.20 Å². The summed E-state index contributed by atoms with van der Waals surface area (Å²) in [5, 5.41) is 7.63. The van der Waals surface area contributed by atoms with E-state index in [1.807, 2.05) is 6.92 Å². The third-order valence-electron chi connectivity index (χ3n) is 1.54. The largest absolute Gasteiger partial charge is 0.465 e. The van der Waals surface area contributed by atoms with Gasteiger partial charge in [-0.15, -0.1) is 5.10 Å². The zero-order chi connectivity index (χ0) is 9.68. The summed E-state index contributed by atoms with van der Waals surface area (Å²) in [5.74, 6) is -0.282. The molecule has 5 nitrogen and oxygen atoms in total. The highest BCUT2D eigenvalue weighted by atomic mass is 16.5. The fraction of sp³-hybridized carbons (Fsp3) is 0.625. The van der Waals surface area contributed by atoms with Crippen LogP contribution in [0.25, 0.3) is 0 Å². The van der Waals surface area contributed by atoms with Crippen molar-refractivity contribution in [2.24, 2.45) is 0 Å². The highest BCUT2D eigenvalue weighted by Crippen LogP contribution is 1.94. The van der Waals surface area contributed by atoms with Crippen molar-refractivity contribution in [1.29, 1.82) is 0 Å². The molecule has 0 saturated heterocycles. The van der Waals surface area contributed by atoms with Gasteiger partial charge < -0.3 is 4.74 Å². The Morgan fingerprint density at radius 3 is 2.92 bits per heavy atom. The molecule has 72 valence electrons. The molecule has 0 aliphatic heterocycles. The second-order valence-corrected chi connectivity index (χ2v) is 2.57. The lowest BCUT2D eigenvalue weighted by molar-refractivity contribution is -0.144. The monoisotopic (exact) mass is 183 g/mol. The molecule has 1 aromatic heterocycles. The fourth-order valence-electron chi connectivity index (χ4n) is 0.917. The van der Waals surface area contributed by atoms with E-state index in [9.17, 15) is 4.79 Å². The molecule has 5 heteroatoms. The molecule has 0 bridgehead atoms. The van der Waals surface area contributed by atoms with E-state index >= 15 is 0 Å². The number of ether oxygens (including phenoxy) is 1. The predicted octanol–water partition coefficient (Wildman–Crippen LogP) is 0.404. The summed E-state index contributed by atoms with van der Waals surface area (Å²) in [5.41, 5.74) is 0.879. The van der Waals surface area contributed by atoms with Gasteiger partial charge in [0.15, 0.2) is 0 Å². The first-order chi connectivity index (χ1) is 6.26. The van der Waals surface area contributed by atoms with Gasteiger partial charge in [-0.3, -0.25) is 4.79 Å². The molecule has 0 N–H and O–H groups in total. The molecule has 1 aromatic rings. The lowest BCUT2D eigenvalue weighted by Gasteiger charge is -1.99. The van der Waals surface area contributed by atoms with E-state index in [0.29, 0.717) is 6.61 Å². The van der Waals surface area contributed by atoms with Crippen LogP contribution < -0.4 is 0 Å². The summed E-state index contributed by atoms with van der Waals surface area (Å²) in [6.07, 6.45) is 2.57. The van der Waals surface area contributed by atoms with Crippen molar-refractivity contribution >= 4 is 5.97 Å². The van der Waals surface area contributed by atoms with E-state index in [-0.39, 0.29) is 12.5 Å². The molecular formula is C8H13N3O2. The molecule has 0 spiro atoms. The van der Waals surface area contributed by atoms with Crippen LogP contribution in [0.5, 0.6) is 0 Å². The topological polar surface area (TPSA) is 57.0 Å².